The third-order valence-corrected chi connectivity index (χ3v) is 6.30. The van der Waals surface area contributed by atoms with Crippen LogP contribution in [0.2, 0.25) is 0 Å². The van der Waals surface area contributed by atoms with Gasteiger partial charge in [-0.2, -0.15) is 5.26 Å². The Balaban J connectivity index is 2.07. The molecule has 2 aromatic carbocycles. The number of ether oxygens (including phenoxy) is 2. The second-order valence-electron chi connectivity index (χ2n) is 6.96. The van der Waals surface area contributed by atoms with E-state index in [1.165, 1.54) is 0 Å². The van der Waals surface area contributed by atoms with E-state index in [2.05, 4.69) is 6.07 Å². The normalized spacial score (nSPS) is 12.9. The molecule has 0 aliphatic carbocycles. The van der Waals surface area contributed by atoms with Gasteiger partial charge in [-0.05, 0) is 41.6 Å². The van der Waals surface area contributed by atoms with Gasteiger partial charge in [0, 0.05) is 22.1 Å². The van der Waals surface area contributed by atoms with Crippen molar-refractivity contribution in [2.75, 3.05) is 14.2 Å². The van der Waals surface area contributed by atoms with Crippen LogP contribution < -0.4 is 9.47 Å². The van der Waals surface area contributed by atoms with Crippen LogP contribution in [0, 0.1) is 11.3 Å². The van der Waals surface area contributed by atoms with Crippen molar-refractivity contribution < 1.29 is 19.4 Å². The summed E-state index contributed by atoms with van der Waals surface area (Å²) < 4.78 is 11.8. The molecule has 1 atom stereocenters. The molecule has 1 N–H and O–H groups in total. The highest BCUT2D eigenvalue weighted by Crippen LogP contribution is 2.40. The number of nitriles is 1. The van der Waals surface area contributed by atoms with Crippen LogP contribution >= 0.6 is 11.3 Å². The number of benzene rings is 2. The number of nitrogens with zero attached hydrogens (tertiary/aromatic N) is 1. The molecular weight excluding hydrogens is 386 g/mol. The molecule has 0 aliphatic heterocycles. The number of carboxylic acid groups (broad SMARTS) is 1. The fourth-order valence-corrected chi connectivity index (χ4v) is 4.93. The molecule has 1 heterocycles. The Kier molecular flexibility index (Phi) is 6.09. The van der Waals surface area contributed by atoms with Crippen molar-refractivity contribution in [1.29, 1.82) is 5.26 Å². The third-order valence-electron chi connectivity index (χ3n) is 5.20. The standard InChI is InChI=1S/C23H23NO4S/c1-4-9-23(22(25)26,17-7-5-15(14-24)6-8-17)13-18-10-16-11-19(27-2)20(28-3)12-21(16)29-18/h5-8,10-12H,4,9,13H2,1-3H3,(H,25,26). The Labute approximate surface area is 174 Å². The largest absolute Gasteiger partial charge is 0.493 e. The Morgan fingerprint density at radius 2 is 1.79 bits per heavy atom. The first kappa shape index (κ1) is 20.7. The monoisotopic (exact) mass is 409 g/mol. The van der Waals surface area contributed by atoms with Crippen LogP contribution in [0.3, 0.4) is 0 Å². The molecule has 3 aromatic rings. The van der Waals surface area contributed by atoms with Crippen LogP contribution in [0.15, 0.2) is 42.5 Å². The summed E-state index contributed by atoms with van der Waals surface area (Å²) in [6.45, 7) is 1.99. The molecule has 0 amide bonds. The Hall–Kier alpha value is -3.04. The van der Waals surface area contributed by atoms with Crippen molar-refractivity contribution in [3.8, 4) is 17.6 Å². The maximum absolute atomic E-state index is 12.5. The molecule has 29 heavy (non-hydrogen) atoms. The van der Waals surface area contributed by atoms with E-state index in [-0.39, 0.29) is 0 Å². The maximum atomic E-state index is 12.5. The first-order valence-electron chi connectivity index (χ1n) is 9.36. The van der Waals surface area contributed by atoms with Crippen LogP contribution in [0.5, 0.6) is 11.5 Å². The minimum absolute atomic E-state index is 0.381. The molecular formula is C23H23NO4S. The molecule has 0 aliphatic rings. The number of hydrogen-bond donors (Lipinski definition) is 1. The minimum Gasteiger partial charge on any atom is -0.493 e. The zero-order valence-corrected chi connectivity index (χ0v) is 17.5. The molecule has 150 valence electrons. The molecule has 0 spiro atoms. The van der Waals surface area contributed by atoms with Crippen molar-refractivity contribution in [2.45, 2.75) is 31.6 Å². The lowest BCUT2D eigenvalue weighted by Crippen LogP contribution is -2.38. The number of carboxylic acids is 1. The molecule has 0 bridgehead atoms. The molecule has 0 saturated heterocycles. The molecule has 1 unspecified atom stereocenters. The van der Waals surface area contributed by atoms with Crippen molar-refractivity contribution in [2.24, 2.45) is 0 Å². The van der Waals surface area contributed by atoms with Crippen LogP contribution in [-0.4, -0.2) is 25.3 Å². The summed E-state index contributed by atoms with van der Waals surface area (Å²) >= 11 is 1.57. The van der Waals surface area contributed by atoms with Crippen LogP contribution in [0.4, 0.5) is 0 Å². The van der Waals surface area contributed by atoms with Gasteiger partial charge in [0.05, 0.1) is 31.3 Å². The first-order chi connectivity index (χ1) is 14.0. The number of aliphatic carboxylic acids is 1. The van der Waals surface area contributed by atoms with Gasteiger partial charge in [-0.1, -0.05) is 25.5 Å². The highest BCUT2D eigenvalue weighted by atomic mass is 32.1. The van der Waals surface area contributed by atoms with Gasteiger partial charge in [0.1, 0.15) is 0 Å². The average molecular weight is 410 g/mol. The quantitative estimate of drug-likeness (QED) is 0.556. The summed E-state index contributed by atoms with van der Waals surface area (Å²) in [5.41, 5.74) is 0.196. The van der Waals surface area contributed by atoms with E-state index in [1.54, 1.807) is 49.8 Å². The van der Waals surface area contributed by atoms with E-state index in [9.17, 15) is 9.90 Å². The molecule has 3 rings (SSSR count). The molecule has 0 saturated carbocycles. The Morgan fingerprint density at radius 3 is 2.34 bits per heavy atom. The fraction of sp³-hybridized carbons (Fsp3) is 0.304. The van der Waals surface area contributed by atoms with Gasteiger partial charge < -0.3 is 14.6 Å². The molecule has 5 nitrogen and oxygen atoms in total. The van der Waals surface area contributed by atoms with Crippen LogP contribution in [0.25, 0.3) is 10.1 Å². The third kappa shape index (κ3) is 3.92. The van der Waals surface area contributed by atoms with Crippen LogP contribution in [-0.2, 0) is 16.6 Å². The van der Waals surface area contributed by atoms with Gasteiger partial charge in [0.2, 0.25) is 0 Å². The van der Waals surface area contributed by atoms with Gasteiger partial charge in [0.15, 0.2) is 11.5 Å². The number of carbonyl (C=O) groups is 1. The molecule has 1 aromatic heterocycles. The van der Waals surface area contributed by atoms with E-state index in [0.29, 0.717) is 29.9 Å². The minimum atomic E-state index is -1.04. The zero-order valence-electron chi connectivity index (χ0n) is 16.7. The SMILES string of the molecule is CCCC(Cc1cc2cc(OC)c(OC)cc2s1)(C(=O)O)c1ccc(C#N)cc1. The fourth-order valence-electron chi connectivity index (χ4n) is 3.74. The highest BCUT2D eigenvalue weighted by Gasteiger charge is 2.40. The smallest absolute Gasteiger partial charge is 0.314 e. The van der Waals surface area contributed by atoms with Crippen molar-refractivity contribution in [1.82, 2.24) is 0 Å². The highest BCUT2D eigenvalue weighted by molar-refractivity contribution is 7.19. The van der Waals surface area contributed by atoms with E-state index in [4.69, 9.17) is 14.7 Å². The summed E-state index contributed by atoms with van der Waals surface area (Å²) in [5, 5.41) is 20.3. The van der Waals surface area contributed by atoms with Gasteiger partial charge in [-0.25, -0.2) is 0 Å². The van der Waals surface area contributed by atoms with Crippen molar-refractivity contribution in [3.63, 3.8) is 0 Å². The summed E-state index contributed by atoms with van der Waals surface area (Å²) in [6.07, 6.45) is 1.63. The molecule has 6 heteroatoms. The van der Waals surface area contributed by atoms with Gasteiger partial charge in [-0.15, -0.1) is 11.3 Å². The van der Waals surface area contributed by atoms with E-state index in [0.717, 1.165) is 26.9 Å². The number of methoxy groups -OCH3 is 2. The predicted molar refractivity (Wildman–Crippen MR) is 114 cm³/mol. The zero-order chi connectivity index (χ0) is 21.0. The topological polar surface area (TPSA) is 79.6 Å². The Morgan fingerprint density at radius 1 is 1.14 bits per heavy atom. The lowest BCUT2D eigenvalue weighted by molar-refractivity contribution is -0.144. The average Bonchev–Trinajstić information content (AvgIpc) is 3.13. The van der Waals surface area contributed by atoms with Gasteiger partial charge in [-0.3, -0.25) is 4.79 Å². The second-order valence-corrected chi connectivity index (χ2v) is 8.13. The summed E-state index contributed by atoms with van der Waals surface area (Å²) in [7, 11) is 3.19. The van der Waals surface area contributed by atoms with Crippen LogP contribution in [0.1, 0.15) is 35.8 Å². The number of rotatable bonds is 8. The van der Waals surface area contributed by atoms with Crippen molar-refractivity contribution in [3.05, 3.63) is 58.5 Å². The number of thiophene rings is 1. The summed E-state index contributed by atoms with van der Waals surface area (Å²) in [6, 6.07) is 14.9. The lowest BCUT2D eigenvalue weighted by atomic mass is 9.73. The van der Waals surface area contributed by atoms with Crippen molar-refractivity contribution >= 4 is 27.4 Å². The van der Waals surface area contributed by atoms with Gasteiger partial charge >= 0.3 is 5.97 Å². The summed E-state index contributed by atoms with van der Waals surface area (Å²) in [4.78, 5) is 13.5. The number of hydrogen-bond acceptors (Lipinski definition) is 5. The molecule has 0 fully saturated rings. The van der Waals surface area contributed by atoms with E-state index < -0.39 is 11.4 Å². The molecule has 0 radical (unpaired) electrons. The summed E-state index contributed by atoms with van der Waals surface area (Å²) in [5.74, 6) is 0.449. The predicted octanol–water partition coefficient (Wildman–Crippen LogP) is 5.16. The first-order valence-corrected chi connectivity index (χ1v) is 10.2. The van der Waals surface area contributed by atoms with E-state index >= 15 is 0 Å². The van der Waals surface area contributed by atoms with E-state index in [1.807, 2.05) is 25.1 Å². The number of fused-ring (bicyclic) bond motifs is 1. The van der Waals surface area contributed by atoms with Gasteiger partial charge in [0.25, 0.3) is 0 Å². The maximum Gasteiger partial charge on any atom is 0.314 e. The Bertz CT molecular complexity index is 1020. The second kappa shape index (κ2) is 8.54. The lowest BCUT2D eigenvalue weighted by Gasteiger charge is -2.29.